The normalized spacial score (nSPS) is 16.5. The number of carbonyl (C=O) groups is 1. The Kier molecular flexibility index (Phi) is 6.10. The Morgan fingerprint density at radius 1 is 1.25 bits per heavy atom. The van der Waals surface area contributed by atoms with Gasteiger partial charge in [-0.15, -0.1) is 5.54 Å². The quantitative estimate of drug-likeness (QED) is 0.588. The van der Waals surface area contributed by atoms with Gasteiger partial charge in [0.25, 0.3) is 0 Å². The fourth-order valence-corrected chi connectivity index (χ4v) is 2.69. The average molecular weight is 349 g/mol. The average Bonchev–Trinajstić information content (AvgIpc) is 2.77. The molecule has 1 atom stereocenters. The summed E-state index contributed by atoms with van der Waals surface area (Å²) in [7, 11) is -1.42. The molecule has 0 bridgehead atoms. The zero-order chi connectivity index (χ0) is 18.8. The second-order valence-electron chi connectivity index (χ2n) is 9.34. The van der Waals surface area contributed by atoms with Crippen LogP contribution < -0.4 is 5.32 Å². The van der Waals surface area contributed by atoms with Crippen LogP contribution in [0.15, 0.2) is 16.8 Å². The number of nitrogens with one attached hydrogen (secondary N) is 1. The van der Waals surface area contributed by atoms with Gasteiger partial charge in [-0.1, -0.05) is 46.3 Å². The van der Waals surface area contributed by atoms with Gasteiger partial charge in [0, 0.05) is 12.1 Å². The lowest BCUT2D eigenvalue weighted by molar-refractivity contribution is 0.0491. The molecule has 1 aliphatic rings. The lowest BCUT2D eigenvalue weighted by Gasteiger charge is -2.32. The molecule has 0 aliphatic carbocycles. The van der Waals surface area contributed by atoms with Crippen LogP contribution in [0, 0.1) is 16.9 Å². The highest BCUT2D eigenvalue weighted by Gasteiger charge is 2.33. The number of aliphatic imine (C=N–C) groups is 1. The molecule has 0 aromatic carbocycles. The summed E-state index contributed by atoms with van der Waals surface area (Å²) in [4.78, 5) is 16.8. The number of carbonyl (C=O) groups excluding carboxylic acids is 1. The zero-order valence-electron chi connectivity index (χ0n) is 16.6. The molecule has 1 aliphatic heterocycles. The van der Waals surface area contributed by atoms with Gasteiger partial charge in [-0.05, 0) is 32.3 Å². The molecule has 1 amide bonds. The van der Waals surface area contributed by atoms with Crippen molar-refractivity contribution >= 4 is 19.9 Å². The number of allylic oxidation sites excluding steroid dienone is 2. The molecule has 0 spiro atoms. The minimum atomic E-state index is -1.42. The van der Waals surface area contributed by atoms with E-state index in [0.717, 1.165) is 11.4 Å². The molecule has 0 aromatic rings. The first kappa shape index (κ1) is 20.5. The summed E-state index contributed by atoms with van der Waals surface area (Å²) in [5, 5.41) is 2.98. The number of alkyl carbamates (subject to hydrolysis) is 1. The molecule has 4 nitrogen and oxygen atoms in total. The minimum Gasteiger partial charge on any atom is -0.444 e. The lowest BCUT2D eigenvalue weighted by Crippen LogP contribution is -2.50. The molecule has 1 N–H and O–H groups in total. The first-order valence-corrected chi connectivity index (χ1v) is 12.0. The predicted molar refractivity (Wildman–Crippen MR) is 104 cm³/mol. The summed E-state index contributed by atoms with van der Waals surface area (Å²) >= 11 is 0. The van der Waals surface area contributed by atoms with E-state index in [0.29, 0.717) is 6.42 Å². The van der Waals surface area contributed by atoms with Crippen LogP contribution in [0.3, 0.4) is 0 Å². The van der Waals surface area contributed by atoms with E-state index in [-0.39, 0.29) is 11.5 Å². The van der Waals surface area contributed by atoms with Crippen molar-refractivity contribution in [2.75, 3.05) is 0 Å². The monoisotopic (exact) mass is 348 g/mol. The largest absolute Gasteiger partial charge is 0.444 e. The first-order valence-electron chi connectivity index (χ1n) is 8.48. The summed E-state index contributed by atoms with van der Waals surface area (Å²) in [6.45, 7) is 18.5. The van der Waals surface area contributed by atoms with Gasteiger partial charge in [-0.25, -0.2) is 9.79 Å². The summed E-state index contributed by atoms with van der Waals surface area (Å²) in [5.74, 6) is 3.19. The van der Waals surface area contributed by atoms with Crippen LogP contribution in [-0.4, -0.2) is 31.5 Å². The summed E-state index contributed by atoms with van der Waals surface area (Å²) in [5.41, 5.74) is 4.41. The van der Waals surface area contributed by atoms with Crippen molar-refractivity contribution in [1.82, 2.24) is 5.32 Å². The Morgan fingerprint density at radius 3 is 2.29 bits per heavy atom. The third-order valence-electron chi connectivity index (χ3n) is 3.19. The Balaban J connectivity index is 2.92. The lowest BCUT2D eigenvalue weighted by atomic mass is 9.83. The molecule has 1 rings (SSSR count). The number of rotatable bonds is 2. The van der Waals surface area contributed by atoms with E-state index >= 15 is 0 Å². The first-order chi connectivity index (χ1) is 10.7. The van der Waals surface area contributed by atoms with Gasteiger partial charge in [-0.3, -0.25) is 0 Å². The van der Waals surface area contributed by atoms with Gasteiger partial charge in [0.05, 0.1) is 6.04 Å². The van der Waals surface area contributed by atoms with Crippen LogP contribution in [0.25, 0.3) is 0 Å². The standard InChI is InChI=1S/C19H32N2O2Si/c1-18(2,3)16(21-17(22)23-19(4,5)6)15-11-10-14(20-15)12-13-24(7,8)9/h10,16H,11H2,1-9H3,(H,21,22)/t16-/m1/s1. The van der Waals surface area contributed by atoms with E-state index in [1.54, 1.807) is 0 Å². The van der Waals surface area contributed by atoms with Crippen LogP contribution in [0.4, 0.5) is 4.79 Å². The molecule has 0 fully saturated rings. The van der Waals surface area contributed by atoms with E-state index in [4.69, 9.17) is 4.74 Å². The van der Waals surface area contributed by atoms with Gasteiger partial charge in [0.15, 0.2) is 0 Å². The maximum absolute atomic E-state index is 12.2. The van der Waals surface area contributed by atoms with Gasteiger partial charge in [-0.2, -0.15) is 0 Å². The molecule has 134 valence electrons. The molecule has 0 aromatic heterocycles. The summed E-state index contributed by atoms with van der Waals surface area (Å²) in [6, 6.07) is -0.185. The van der Waals surface area contributed by atoms with E-state index in [9.17, 15) is 4.79 Å². The molecular weight excluding hydrogens is 316 g/mol. The van der Waals surface area contributed by atoms with Crippen LogP contribution in [0.2, 0.25) is 19.6 Å². The number of nitrogens with zero attached hydrogens (tertiary/aromatic N) is 1. The maximum Gasteiger partial charge on any atom is 0.408 e. The Bertz CT molecular complexity index is 602. The molecule has 0 radical (unpaired) electrons. The van der Waals surface area contributed by atoms with Crippen LogP contribution in [0.5, 0.6) is 0 Å². The SMILES string of the molecule is CC(C)(C)OC(=O)N[C@H](C1=NC(C#C[Si](C)(C)C)=CC1)C(C)(C)C. The van der Waals surface area contributed by atoms with Crippen LogP contribution in [0.1, 0.15) is 48.0 Å². The number of hydrogen-bond acceptors (Lipinski definition) is 3. The van der Waals surface area contributed by atoms with E-state index < -0.39 is 19.8 Å². The molecule has 1 heterocycles. The fraction of sp³-hybridized carbons (Fsp3) is 0.684. The zero-order valence-corrected chi connectivity index (χ0v) is 17.6. The molecule has 0 saturated heterocycles. The highest BCUT2D eigenvalue weighted by atomic mass is 28.3. The van der Waals surface area contributed by atoms with Gasteiger partial charge in [0.1, 0.15) is 19.4 Å². The van der Waals surface area contributed by atoms with Gasteiger partial charge < -0.3 is 10.1 Å². The van der Waals surface area contributed by atoms with Gasteiger partial charge in [0.2, 0.25) is 0 Å². The highest BCUT2D eigenvalue weighted by molar-refractivity contribution is 6.83. The van der Waals surface area contributed by atoms with Crippen molar-refractivity contribution in [3.63, 3.8) is 0 Å². The summed E-state index contributed by atoms with van der Waals surface area (Å²) < 4.78 is 5.40. The molecule has 24 heavy (non-hydrogen) atoms. The number of amides is 1. The van der Waals surface area contributed by atoms with Crippen molar-refractivity contribution in [2.24, 2.45) is 10.4 Å². The predicted octanol–water partition coefficient (Wildman–Crippen LogP) is 4.54. The fourth-order valence-electron chi connectivity index (χ4n) is 2.19. The third kappa shape index (κ3) is 7.35. The van der Waals surface area contributed by atoms with Crippen LogP contribution in [-0.2, 0) is 4.74 Å². The van der Waals surface area contributed by atoms with Crippen molar-refractivity contribution < 1.29 is 9.53 Å². The molecule has 0 unspecified atom stereocenters. The smallest absolute Gasteiger partial charge is 0.408 e. The topological polar surface area (TPSA) is 50.7 Å². The van der Waals surface area contributed by atoms with Gasteiger partial charge >= 0.3 is 6.09 Å². The van der Waals surface area contributed by atoms with Crippen molar-refractivity contribution in [2.45, 2.75) is 79.2 Å². The number of hydrogen-bond donors (Lipinski definition) is 1. The van der Waals surface area contributed by atoms with Crippen molar-refractivity contribution in [1.29, 1.82) is 0 Å². The molecule has 5 heteroatoms. The Hall–Kier alpha value is -1.54. The maximum atomic E-state index is 12.2. The van der Waals surface area contributed by atoms with E-state index in [2.05, 4.69) is 62.2 Å². The Labute approximate surface area is 148 Å². The second-order valence-corrected chi connectivity index (χ2v) is 14.1. The third-order valence-corrected chi connectivity index (χ3v) is 4.07. The second kappa shape index (κ2) is 7.14. The minimum absolute atomic E-state index is 0.161. The highest BCUT2D eigenvalue weighted by Crippen LogP contribution is 2.26. The summed E-state index contributed by atoms with van der Waals surface area (Å²) in [6.07, 6.45) is 2.34. The molecular formula is C19H32N2O2Si. The molecule has 0 saturated carbocycles. The van der Waals surface area contributed by atoms with Crippen molar-refractivity contribution in [3.8, 4) is 11.5 Å². The number of ether oxygens (including phenoxy) is 1. The van der Waals surface area contributed by atoms with E-state index in [1.807, 2.05) is 26.8 Å². The Morgan fingerprint density at radius 2 is 1.83 bits per heavy atom. The van der Waals surface area contributed by atoms with Crippen molar-refractivity contribution in [3.05, 3.63) is 11.8 Å². The van der Waals surface area contributed by atoms with Crippen LogP contribution >= 0.6 is 0 Å². The van der Waals surface area contributed by atoms with E-state index in [1.165, 1.54) is 0 Å².